The second kappa shape index (κ2) is 9.49. The SMILES string of the molecule is c1ccc(CCc2c(-c3ccccc3)cc(-c3ccccc3)cc2-c2ccccc2)cc1. The van der Waals surface area contributed by atoms with Gasteiger partial charge in [0.05, 0.1) is 0 Å². The topological polar surface area (TPSA) is 0 Å². The lowest BCUT2D eigenvalue weighted by atomic mass is 9.85. The lowest BCUT2D eigenvalue weighted by Crippen LogP contribution is -1.99. The molecule has 0 aliphatic heterocycles. The Morgan fingerprint density at radius 3 is 1.22 bits per heavy atom. The Balaban J connectivity index is 1.71. The van der Waals surface area contributed by atoms with Crippen LogP contribution in [0.4, 0.5) is 0 Å². The quantitative estimate of drug-likeness (QED) is 0.263. The molecule has 0 aliphatic carbocycles. The molecular weight excluding hydrogens is 384 g/mol. The summed E-state index contributed by atoms with van der Waals surface area (Å²) < 4.78 is 0. The smallest absolute Gasteiger partial charge is 0.0139 e. The summed E-state index contributed by atoms with van der Waals surface area (Å²) in [6.45, 7) is 0. The van der Waals surface area contributed by atoms with Crippen molar-refractivity contribution in [3.05, 3.63) is 145 Å². The van der Waals surface area contributed by atoms with E-state index in [-0.39, 0.29) is 0 Å². The third-order valence-electron chi connectivity index (χ3n) is 6.03. The molecule has 0 bridgehead atoms. The van der Waals surface area contributed by atoms with Gasteiger partial charge in [-0.15, -0.1) is 0 Å². The van der Waals surface area contributed by atoms with E-state index in [2.05, 4.69) is 133 Å². The fourth-order valence-electron chi connectivity index (χ4n) is 4.40. The van der Waals surface area contributed by atoms with Crippen LogP contribution in [0.5, 0.6) is 0 Å². The van der Waals surface area contributed by atoms with Crippen molar-refractivity contribution in [2.75, 3.05) is 0 Å². The van der Waals surface area contributed by atoms with Crippen molar-refractivity contribution in [3.8, 4) is 33.4 Å². The van der Waals surface area contributed by atoms with Crippen molar-refractivity contribution >= 4 is 0 Å². The zero-order valence-electron chi connectivity index (χ0n) is 18.1. The highest BCUT2D eigenvalue weighted by atomic mass is 14.2. The zero-order chi connectivity index (χ0) is 21.6. The van der Waals surface area contributed by atoms with Crippen LogP contribution in [-0.4, -0.2) is 0 Å². The number of benzene rings is 5. The minimum atomic E-state index is 0.994. The Labute approximate surface area is 190 Å². The fraction of sp³-hybridized carbons (Fsp3) is 0.0625. The van der Waals surface area contributed by atoms with Crippen LogP contribution >= 0.6 is 0 Å². The predicted molar refractivity (Wildman–Crippen MR) is 137 cm³/mol. The highest BCUT2D eigenvalue weighted by Gasteiger charge is 2.15. The average molecular weight is 411 g/mol. The molecule has 0 saturated carbocycles. The van der Waals surface area contributed by atoms with Crippen LogP contribution in [-0.2, 0) is 12.8 Å². The van der Waals surface area contributed by atoms with Crippen molar-refractivity contribution in [3.63, 3.8) is 0 Å². The van der Waals surface area contributed by atoms with E-state index in [9.17, 15) is 0 Å². The van der Waals surface area contributed by atoms with Crippen LogP contribution in [0, 0.1) is 0 Å². The molecule has 5 rings (SSSR count). The average Bonchev–Trinajstić information content (AvgIpc) is 2.89. The Morgan fingerprint density at radius 1 is 0.344 bits per heavy atom. The van der Waals surface area contributed by atoms with E-state index in [1.54, 1.807) is 0 Å². The molecule has 0 amide bonds. The molecule has 154 valence electrons. The van der Waals surface area contributed by atoms with E-state index in [1.165, 1.54) is 44.5 Å². The maximum absolute atomic E-state index is 2.37. The van der Waals surface area contributed by atoms with E-state index in [0.717, 1.165) is 12.8 Å². The lowest BCUT2D eigenvalue weighted by molar-refractivity contribution is 0.964. The van der Waals surface area contributed by atoms with Gasteiger partial charge in [-0.1, -0.05) is 121 Å². The molecule has 0 saturated heterocycles. The van der Waals surface area contributed by atoms with Gasteiger partial charge < -0.3 is 0 Å². The fourth-order valence-corrected chi connectivity index (χ4v) is 4.40. The molecule has 0 fully saturated rings. The van der Waals surface area contributed by atoms with E-state index in [0.29, 0.717) is 0 Å². The first-order chi connectivity index (χ1) is 15.9. The molecule has 0 atom stereocenters. The maximum atomic E-state index is 2.37. The first-order valence-corrected chi connectivity index (χ1v) is 11.3. The first-order valence-electron chi connectivity index (χ1n) is 11.3. The van der Waals surface area contributed by atoms with Gasteiger partial charge in [-0.25, -0.2) is 0 Å². The summed E-state index contributed by atoms with van der Waals surface area (Å²) in [7, 11) is 0. The molecule has 0 heterocycles. The molecule has 0 N–H and O–H groups in total. The molecule has 0 heteroatoms. The van der Waals surface area contributed by atoms with Crippen LogP contribution in [0.15, 0.2) is 133 Å². The van der Waals surface area contributed by atoms with Crippen molar-refractivity contribution < 1.29 is 0 Å². The van der Waals surface area contributed by atoms with E-state index in [4.69, 9.17) is 0 Å². The summed E-state index contributed by atoms with van der Waals surface area (Å²) in [4.78, 5) is 0. The van der Waals surface area contributed by atoms with Crippen LogP contribution < -0.4 is 0 Å². The van der Waals surface area contributed by atoms with Crippen LogP contribution in [0.3, 0.4) is 0 Å². The Morgan fingerprint density at radius 2 is 0.750 bits per heavy atom. The number of hydrogen-bond acceptors (Lipinski definition) is 0. The highest BCUT2D eigenvalue weighted by molar-refractivity contribution is 5.85. The molecule has 0 aliphatic rings. The minimum absolute atomic E-state index is 0.994. The van der Waals surface area contributed by atoms with Gasteiger partial charge in [0, 0.05) is 0 Å². The van der Waals surface area contributed by atoms with Gasteiger partial charge >= 0.3 is 0 Å². The number of rotatable bonds is 6. The number of hydrogen-bond donors (Lipinski definition) is 0. The van der Waals surface area contributed by atoms with Gasteiger partial charge in [0.2, 0.25) is 0 Å². The standard InChI is InChI=1S/C32H26/c1-5-13-25(14-6-1)21-22-30-31(27-17-9-3-10-18-27)23-29(26-15-7-2-8-16-26)24-32(30)28-19-11-4-12-20-28/h1-20,23-24H,21-22H2. The molecule has 32 heavy (non-hydrogen) atoms. The summed E-state index contributed by atoms with van der Waals surface area (Å²) in [5.74, 6) is 0. The van der Waals surface area contributed by atoms with Gasteiger partial charge in [0.25, 0.3) is 0 Å². The normalized spacial score (nSPS) is 10.8. The van der Waals surface area contributed by atoms with Gasteiger partial charge in [-0.2, -0.15) is 0 Å². The first kappa shape index (κ1) is 20.0. The second-order valence-electron chi connectivity index (χ2n) is 8.13. The van der Waals surface area contributed by atoms with E-state index in [1.807, 2.05) is 0 Å². The van der Waals surface area contributed by atoms with Crippen molar-refractivity contribution in [2.24, 2.45) is 0 Å². The Hall–Kier alpha value is -3.90. The molecule has 0 radical (unpaired) electrons. The lowest BCUT2D eigenvalue weighted by Gasteiger charge is -2.19. The van der Waals surface area contributed by atoms with Gasteiger partial charge in [-0.05, 0) is 69.5 Å². The predicted octanol–water partition coefficient (Wildman–Crippen LogP) is 8.47. The van der Waals surface area contributed by atoms with Crippen molar-refractivity contribution in [1.29, 1.82) is 0 Å². The Bertz CT molecular complexity index is 1210. The molecule has 0 unspecified atom stereocenters. The van der Waals surface area contributed by atoms with E-state index < -0.39 is 0 Å². The second-order valence-corrected chi connectivity index (χ2v) is 8.13. The summed E-state index contributed by atoms with van der Waals surface area (Å²) >= 11 is 0. The molecule has 0 nitrogen and oxygen atoms in total. The molecule has 5 aromatic rings. The summed E-state index contributed by atoms with van der Waals surface area (Å²) in [6, 6.07) is 47.9. The van der Waals surface area contributed by atoms with Crippen LogP contribution in [0.2, 0.25) is 0 Å². The summed E-state index contributed by atoms with van der Waals surface area (Å²) in [5, 5.41) is 0. The third kappa shape index (κ3) is 4.40. The van der Waals surface area contributed by atoms with Crippen LogP contribution in [0.25, 0.3) is 33.4 Å². The molecule has 0 aromatic heterocycles. The maximum Gasteiger partial charge on any atom is -0.0139 e. The van der Waals surface area contributed by atoms with Gasteiger partial charge in [-0.3, -0.25) is 0 Å². The number of aryl methyl sites for hydroxylation is 1. The summed E-state index contributed by atoms with van der Waals surface area (Å²) in [6.07, 6.45) is 2.01. The highest BCUT2D eigenvalue weighted by Crippen LogP contribution is 2.38. The van der Waals surface area contributed by atoms with E-state index >= 15 is 0 Å². The molecular formula is C32H26. The van der Waals surface area contributed by atoms with Crippen molar-refractivity contribution in [1.82, 2.24) is 0 Å². The van der Waals surface area contributed by atoms with Crippen LogP contribution in [0.1, 0.15) is 11.1 Å². The molecule has 5 aromatic carbocycles. The Kier molecular flexibility index (Phi) is 5.94. The third-order valence-corrected chi connectivity index (χ3v) is 6.03. The zero-order valence-corrected chi connectivity index (χ0v) is 18.1. The largest absolute Gasteiger partial charge is 0.0622 e. The minimum Gasteiger partial charge on any atom is -0.0622 e. The summed E-state index contributed by atoms with van der Waals surface area (Å²) in [5.41, 5.74) is 10.5. The van der Waals surface area contributed by atoms with Gasteiger partial charge in [0.15, 0.2) is 0 Å². The van der Waals surface area contributed by atoms with Crippen molar-refractivity contribution in [2.45, 2.75) is 12.8 Å². The van der Waals surface area contributed by atoms with Gasteiger partial charge in [0.1, 0.15) is 0 Å². The monoisotopic (exact) mass is 410 g/mol. The molecule has 0 spiro atoms.